The van der Waals surface area contributed by atoms with E-state index in [9.17, 15) is 14.4 Å². The minimum absolute atomic E-state index is 0.154. The fourth-order valence-corrected chi connectivity index (χ4v) is 2.79. The first-order valence-corrected chi connectivity index (χ1v) is 7.12. The molecule has 0 aliphatic carbocycles. The molecule has 2 N–H and O–H groups in total. The molecule has 0 bridgehead atoms. The molecule has 1 saturated heterocycles. The number of anilines is 1. The second kappa shape index (κ2) is 6.15. The average molecular weight is 315 g/mol. The van der Waals surface area contributed by atoms with Crippen molar-refractivity contribution >= 4 is 46.2 Å². The number of carboxylic acids is 1. The van der Waals surface area contributed by atoms with E-state index in [1.807, 2.05) is 0 Å². The molecule has 1 fully saturated rings. The number of rotatable bonds is 5. The summed E-state index contributed by atoms with van der Waals surface area (Å²) in [7, 11) is 0. The summed E-state index contributed by atoms with van der Waals surface area (Å²) in [6.45, 7) is 0.183. The maximum absolute atomic E-state index is 12.0. The maximum atomic E-state index is 12.0. The molecule has 1 aromatic rings. The number of aromatic carboxylic acids is 1. The predicted molar refractivity (Wildman–Crippen MR) is 76.2 cm³/mol. The molecule has 1 unspecified atom stereocenters. The molecule has 1 aliphatic heterocycles. The molecular weight excluding hydrogens is 304 g/mol. The third-order valence-corrected chi connectivity index (χ3v) is 3.81. The summed E-state index contributed by atoms with van der Waals surface area (Å²) >= 11 is 6.41. The lowest BCUT2D eigenvalue weighted by molar-refractivity contribution is -0.126. The van der Waals surface area contributed by atoms with Crippen molar-refractivity contribution in [2.24, 2.45) is 0 Å². The summed E-state index contributed by atoms with van der Waals surface area (Å²) in [5.41, 5.74) is 0.724. The number of benzene rings is 1. The van der Waals surface area contributed by atoms with Crippen LogP contribution in [0, 0.1) is 0 Å². The first kappa shape index (κ1) is 14.7. The van der Waals surface area contributed by atoms with Crippen molar-refractivity contribution in [2.45, 2.75) is 5.37 Å². The van der Waals surface area contributed by atoms with Gasteiger partial charge in [0.1, 0.15) is 0 Å². The minimum atomic E-state index is -1.02. The number of carbonyl (C=O) groups excluding carboxylic acids is 2. The van der Waals surface area contributed by atoms with Crippen molar-refractivity contribution in [1.29, 1.82) is 0 Å². The van der Waals surface area contributed by atoms with Gasteiger partial charge in [0.2, 0.25) is 0 Å². The highest BCUT2D eigenvalue weighted by molar-refractivity contribution is 8.15. The number of alkyl halides is 1. The highest BCUT2D eigenvalue weighted by atomic mass is 35.5. The number of hydrogen-bond acceptors (Lipinski definition) is 5. The second-order valence-corrected chi connectivity index (χ2v) is 5.40. The fraction of sp³-hybridized carbons (Fsp3) is 0.250. The summed E-state index contributed by atoms with van der Waals surface area (Å²) in [4.78, 5) is 35.4. The van der Waals surface area contributed by atoms with Gasteiger partial charge in [0.25, 0.3) is 11.1 Å². The predicted octanol–water partition coefficient (Wildman–Crippen LogP) is 2.06. The van der Waals surface area contributed by atoms with Gasteiger partial charge in [0, 0.05) is 18.1 Å². The molecule has 6 nitrogen and oxygen atoms in total. The molecule has 0 radical (unpaired) electrons. The van der Waals surface area contributed by atoms with Crippen LogP contribution in [0.25, 0.3) is 0 Å². The van der Waals surface area contributed by atoms with Crippen molar-refractivity contribution in [1.82, 2.24) is 4.90 Å². The van der Waals surface area contributed by atoms with Crippen LogP contribution < -0.4 is 5.32 Å². The number of carbonyl (C=O) groups is 3. The third-order valence-electron chi connectivity index (χ3n) is 2.67. The van der Waals surface area contributed by atoms with Crippen LogP contribution in [0.1, 0.15) is 10.4 Å². The number of hydrogen-bond donors (Lipinski definition) is 2. The van der Waals surface area contributed by atoms with Crippen LogP contribution in [0.5, 0.6) is 0 Å². The van der Waals surface area contributed by atoms with Crippen molar-refractivity contribution in [3.8, 4) is 0 Å². The molecule has 1 heterocycles. The number of thioether (sulfide) groups is 1. The van der Waals surface area contributed by atoms with Crippen molar-refractivity contribution in [3.05, 3.63) is 29.8 Å². The van der Waals surface area contributed by atoms with E-state index in [0.29, 0.717) is 5.69 Å². The molecule has 2 amide bonds. The Morgan fingerprint density at radius 2 is 2.00 bits per heavy atom. The number of imide groups is 1. The van der Waals surface area contributed by atoms with Gasteiger partial charge in [0.15, 0.2) is 5.37 Å². The van der Waals surface area contributed by atoms with Gasteiger partial charge in [-0.25, -0.2) is 4.79 Å². The van der Waals surface area contributed by atoms with Crippen LogP contribution in [0.15, 0.2) is 24.3 Å². The zero-order valence-corrected chi connectivity index (χ0v) is 11.8. The second-order valence-electron chi connectivity index (χ2n) is 3.97. The molecule has 2 rings (SSSR count). The van der Waals surface area contributed by atoms with E-state index in [0.717, 1.165) is 16.7 Å². The summed E-state index contributed by atoms with van der Waals surface area (Å²) < 4.78 is 0. The number of carboxylic acid groups (broad SMARTS) is 1. The fourth-order valence-electron chi connectivity index (χ4n) is 1.68. The van der Waals surface area contributed by atoms with E-state index < -0.39 is 11.3 Å². The van der Waals surface area contributed by atoms with Crippen LogP contribution in [0.2, 0.25) is 0 Å². The smallest absolute Gasteiger partial charge is 0.335 e. The summed E-state index contributed by atoms with van der Waals surface area (Å²) in [5, 5.41) is 10.6. The molecule has 8 heteroatoms. The Morgan fingerprint density at radius 3 is 2.55 bits per heavy atom. The van der Waals surface area contributed by atoms with Gasteiger partial charge in [-0.1, -0.05) is 0 Å². The summed E-state index contributed by atoms with van der Waals surface area (Å²) in [6.07, 6.45) is 0. The lowest BCUT2D eigenvalue weighted by atomic mass is 10.2. The van der Waals surface area contributed by atoms with Crippen LogP contribution in [-0.4, -0.2) is 44.9 Å². The first-order valence-electron chi connectivity index (χ1n) is 5.71. The Kier molecular flexibility index (Phi) is 4.51. The van der Waals surface area contributed by atoms with Gasteiger partial charge < -0.3 is 10.4 Å². The van der Waals surface area contributed by atoms with Gasteiger partial charge in [-0.15, -0.1) is 11.6 Å². The monoisotopic (exact) mass is 314 g/mol. The van der Waals surface area contributed by atoms with E-state index in [1.165, 1.54) is 12.1 Å². The number of amides is 2. The Bertz CT molecular complexity index is 549. The molecule has 0 aromatic heterocycles. The van der Waals surface area contributed by atoms with Gasteiger partial charge >= 0.3 is 5.97 Å². The van der Waals surface area contributed by atoms with Gasteiger partial charge in [-0.2, -0.15) is 0 Å². The number of halogens is 1. The van der Waals surface area contributed by atoms with E-state index in [-0.39, 0.29) is 29.1 Å². The Balaban J connectivity index is 2.05. The lowest BCUT2D eigenvalue weighted by Crippen LogP contribution is -2.35. The third kappa shape index (κ3) is 3.05. The largest absolute Gasteiger partial charge is 0.478 e. The highest BCUT2D eigenvalue weighted by Crippen LogP contribution is 2.28. The molecule has 0 spiro atoms. The quantitative estimate of drug-likeness (QED) is 0.809. The molecule has 20 heavy (non-hydrogen) atoms. The van der Waals surface area contributed by atoms with Gasteiger partial charge in [-0.3, -0.25) is 14.5 Å². The first-order chi connectivity index (χ1) is 9.52. The standard InChI is InChI=1S/C12H11ClN2O4S/c13-5-6-15-10(16)9(20-12(15)19)14-8-3-1-7(2-4-8)11(17)18/h1-4,9,14H,5-6H2,(H,17,18). The SMILES string of the molecule is O=C(O)c1ccc(NC2SC(=O)N(CCCl)C2=O)cc1. The van der Waals surface area contributed by atoms with Crippen molar-refractivity contribution in [2.75, 3.05) is 17.7 Å². The number of nitrogens with one attached hydrogen (secondary N) is 1. The van der Waals surface area contributed by atoms with E-state index in [2.05, 4.69) is 5.32 Å². The summed E-state index contributed by atoms with van der Waals surface area (Å²) in [6, 6.07) is 5.94. The zero-order chi connectivity index (χ0) is 14.7. The molecule has 106 valence electrons. The van der Waals surface area contributed by atoms with Crippen molar-refractivity contribution in [3.63, 3.8) is 0 Å². The molecule has 0 saturated carbocycles. The number of nitrogens with zero attached hydrogens (tertiary/aromatic N) is 1. The molecular formula is C12H11ClN2O4S. The average Bonchev–Trinajstić information content (AvgIpc) is 2.67. The van der Waals surface area contributed by atoms with Crippen molar-refractivity contribution < 1.29 is 19.5 Å². The molecule has 1 aromatic carbocycles. The van der Waals surface area contributed by atoms with E-state index >= 15 is 0 Å². The normalized spacial score (nSPS) is 18.4. The van der Waals surface area contributed by atoms with E-state index in [4.69, 9.17) is 16.7 Å². The molecule has 1 aliphatic rings. The van der Waals surface area contributed by atoms with Crippen LogP contribution >= 0.6 is 23.4 Å². The van der Waals surface area contributed by atoms with Crippen LogP contribution in [-0.2, 0) is 4.79 Å². The van der Waals surface area contributed by atoms with E-state index in [1.54, 1.807) is 12.1 Å². The topological polar surface area (TPSA) is 86.7 Å². The van der Waals surface area contributed by atoms with Gasteiger partial charge in [0.05, 0.1) is 5.56 Å². The van der Waals surface area contributed by atoms with Gasteiger partial charge in [-0.05, 0) is 36.0 Å². The Morgan fingerprint density at radius 1 is 1.35 bits per heavy atom. The summed E-state index contributed by atoms with van der Waals surface area (Å²) in [5.74, 6) is -1.17. The van der Waals surface area contributed by atoms with Crippen LogP contribution in [0.3, 0.4) is 0 Å². The lowest BCUT2D eigenvalue weighted by Gasteiger charge is -2.13. The van der Waals surface area contributed by atoms with Crippen LogP contribution in [0.4, 0.5) is 10.5 Å². The minimum Gasteiger partial charge on any atom is -0.478 e. The Labute approximate surface area is 124 Å². The highest BCUT2D eigenvalue weighted by Gasteiger charge is 2.39. The molecule has 1 atom stereocenters. The maximum Gasteiger partial charge on any atom is 0.335 e. The zero-order valence-electron chi connectivity index (χ0n) is 10.2. The Hall–Kier alpha value is -1.73.